The van der Waals surface area contributed by atoms with E-state index in [1.54, 1.807) is 0 Å². The Hall–Kier alpha value is -2.03. The number of esters is 1. The van der Waals surface area contributed by atoms with Crippen molar-refractivity contribution in [3.05, 3.63) is 48.6 Å². The van der Waals surface area contributed by atoms with Crippen molar-refractivity contribution in [1.82, 2.24) is 5.32 Å². The fourth-order valence-corrected chi connectivity index (χ4v) is 9.02. The first kappa shape index (κ1) is 67.0. The summed E-state index contributed by atoms with van der Waals surface area (Å²) >= 11 is 0. The molecule has 69 heavy (non-hydrogen) atoms. The number of amides is 1. The van der Waals surface area contributed by atoms with Crippen LogP contribution >= 0.6 is 7.82 Å². The fraction of sp³-hybridized carbons (Fsp3) is 0.831. The predicted molar refractivity (Wildman–Crippen MR) is 293 cm³/mol. The number of carbonyl (C=O) groups is 2. The van der Waals surface area contributed by atoms with E-state index >= 15 is 0 Å². The van der Waals surface area contributed by atoms with Gasteiger partial charge in [0.15, 0.2) is 0 Å². The third-order valence-corrected chi connectivity index (χ3v) is 13.7. The lowest BCUT2D eigenvalue weighted by Crippen LogP contribution is -2.47. The molecule has 0 spiro atoms. The van der Waals surface area contributed by atoms with Gasteiger partial charge in [-0.15, -0.1) is 0 Å². The molecule has 0 aliphatic carbocycles. The lowest BCUT2D eigenvalue weighted by Gasteiger charge is -2.30. The van der Waals surface area contributed by atoms with Gasteiger partial charge in [0.05, 0.1) is 33.8 Å². The third-order valence-electron chi connectivity index (χ3n) is 12.8. The molecular weight excluding hydrogens is 880 g/mol. The Labute approximate surface area is 427 Å². The zero-order valence-corrected chi connectivity index (χ0v) is 46.9. The van der Waals surface area contributed by atoms with Crippen LogP contribution in [-0.2, 0) is 27.9 Å². The number of rotatable bonds is 52. The van der Waals surface area contributed by atoms with Gasteiger partial charge in [-0.2, -0.15) is 0 Å². The topological polar surface area (TPSA) is 114 Å². The first-order valence-electron chi connectivity index (χ1n) is 28.9. The Morgan fingerprint density at radius 1 is 0.522 bits per heavy atom. The Morgan fingerprint density at radius 2 is 0.928 bits per heavy atom. The van der Waals surface area contributed by atoms with Crippen molar-refractivity contribution in [2.45, 2.75) is 277 Å². The van der Waals surface area contributed by atoms with Crippen molar-refractivity contribution in [2.75, 3.05) is 40.9 Å². The first-order valence-corrected chi connectivity index (χ1v) is 30.4. The average molecular weight is 992 g/mol. The van der Waals surface area contributed by atoms with Gasteiger partial charge < -0.3 is 28.5 Å². The van der Waals surface area contributed by atoms with Gasteiger partial charge in [-0.3, -0.25) is 14.2 Å². The number of quaternary nitrogens is 1. The Bertz CT molecular complexity index is 1330. The van der Waals surface area contributed by atoms with E-state index < -0.39 is 26.6 Å². The normalized spacial score (nSPS) is 14.1. The van der Waals surface area contributed by atoms with Crippen molar-refractivity contribution in [1.29, 1.82) is 0 Å². The summed E-state index contributed by atoms with van der Waals surface area (Å²) in [6.45, 7) is 6.73. The third kappa shape index (κ3) is 50.7. The Kier molecular flexibility index (Phi) is 48.1. The van der Waals surface area contributed by atoms with Crippen molar-refractivity contribution in [2.24, 2.45) is 0 Å². The number of phosphoric ester groups is 1. The van der Waals surface area contributed by atoms with Gasteiger partial charge in [0.2, 0.25) is 5.91 Å². The molecular formula is C59H111N2O7P. The van der Waals surface area contributed by atoms with Crippen LogP contribution in [0.25, 0.3) is 0 Å². The summed E-state index contributed by atoms with van der Waals surface area (Å²) in [5, 5.41) is 3.02. The number of ether oxygens (including phenoxy) is 1. The molecule has 0 aliphatic rings. The largest absolute Gasteiger partial charge is 0.756 e. The quantitative estimate of drug-likeness (QED) is 0.0212. The molecule has 404 valence electrons. The molecule has 0 heterocycles. The van der Waals surface area contributed by atoms with Gasteiger partial charge in [-0.1, -0.05) is 237 Å². The summed E-state index contributed by atoms with van der Waals surface area (Å²) in [6.07, 6.45) is 59.2. The molecule has 3 unspecified atom stereocenters. The highest BCUT2D eigenvalue weighted by Gasteiger charge is 2.27. The summed E-state index contributed by atoms with van der Waals surface area (Å²) in [5.74, 6) is -0.549. The average Bonchev–Trinajstić information content (AvgIpc) is 3.31. The van der Waals surface area contributed by atoms with Gasteiger partial charge in [0.1, 0.15) is 19.3 Å². The highest BCUT2D eigenvalue weighted by molar-refractivity contribution is 7.45. The zero-order chi connectivity index (χ0) is 50.8. The van der Waals surface area contributed by atoms with E-state index in [2.05, 4.69) is 62.5 Å². The number of nitrogens with zero attached hydrogens (tertiary/aromatic N) is 1. The minimum atomic E-state index is -4.70. The number of carbonyl (C=O) groups excluding carboxylic acids is 2. The maximum absolute atomic E-state index is 13.5. The minimum absolute atomic E-state index is 0.0243. The summed E-state index contributed by atoms with van der Waals surface area (Å²) in [4.78, 5) is 39.9. The lowest BCUT2D eigenvalue weighted by molar-refractivity contribution is -0.870. The van der Waals surface area contributed by atoms with Crippen LogP contribution in [0.2, 0.25) is 0 Å². The van der Waals surface area contributed by atoms with Crippen molar-refractivity contribution < 1.29 is 37.3 Å². The summed E-state index contributed by atoms with van der Waals surface area (Å²) in [5.41, 5.74) is 0. The highest BCUT2D eigenvalue weighted by atomic mass is 31.2. The van der Waals surface area contributed by atoms with Crippen LogP contribution in [0.3, 0.4) is 0 Å². The molecule has 0 bridgehead atoms. The second-order valence-corrected chi connectivity index (χ2v) is 22.2. The van der Waals surface area contributed by atoms with E-state index in [-0.39, 0.29) is 24.9 Å². The molecule has 10 heteroatoms. The van der Waals surface area contributed by atoms with Gasteiger partial charge in [-0.05, 0) is 63.9 Å². The number of likely N-dealkylation sites (N-methyl/N-ethyl adjacent to an activating group) is 1. The van der Waals surface area contributed by atoms with E-state index in [1.165, 1.54) is 128 Å². The van der Waals surface area contributed by atoms with E-state index in [1.807, 2.05) is 33.3 Å². The highest BCUT2D eigenvalue weighted by Crippen LogP contribution is 2.38. The number of hydrogen-bond donors (Lipinski definition) is 1. The molecule has 1 amide bonds. The van der Waals surface area contributed by atoms with Gasteiger partial charge in [-0.25, -0.2) is 0 Å². The first-order chi connectivity index (χ1) is 33.4. The molecule has 0 aromatic carbocycles. The van der Waals surface area contributed by atoms with Crippen LogP contribution < -0.4 is 10.2 Å². The molecule has 0 radical (unpaired) electrons. The number of hydrogen-bond acceptors (Lipinski definition) is 7. The van der Waals surface area contributed by atoms with E-state index in [9.17, 15) is 19.0 Å². The van der Waals surface area contributed by atoms with Crippen molar-refractivity contribution in [3.63, 3.8) is 0 Å². The molecule has 0 saturated carbocycles. The predicted octanol–water partition coefficient (Wildman–Crippen LogP) is 16.7. The molecule has 3 atom stereocenters. The molecule has 1 N–H and O–H groups in total. The Morgan fingerprint density at radius 3 is 1.39 bits per heavy atom. The SMILES string of the molecule is CC/C=C/C/C=C/C/C=C/CCCCCCCCC(=O)NC(COP(=O)([O-])OCC[N+](C)(C)C)C(/C=C/CCCCCCCCCCCCC)OC(=O)CCCCCCCCCCCCCCCC. The van der Waals surface area contributed by atoms with E-state index in [4.69, 9.17) is 13.8 Å². The van der Waals surface area contributed by atoms with Crippen molar-refractivity contribution >= 4 is 19.7 Å². The van der Waals surface area contributed by atoms with Crippen LogP contribution in [0, 0.1) is 0 Å². The summed E-state index contributed by atoms with van der Waals surface area (Å²) in [7, 11) is 1.18. The number of nitrogens with one attached hydrogen (secondary N) is 1. The summed E-state index contributed by atoms with van der Waals surface area (Å²) < 4.78 is 30.2. The number of phosphoric acid groups is 1. The van der Waals surface area contributed by atoms with Gasteiger partial charge in [0.25, 0.3) is 7.82 Å². The van der Waals surface area contributed by atoms with Crippen LogP contribution in [0.15, 0.2) is 48.6 Å². The zero-order valence-electron chi connectivity index (χ0n) is 46.0. The molecule has 0 aliphatic heterocycles. The molecule has 9 nitrogen and oxygen atoms in total. The molecule has 0 saturated heterocycles. The standard InChI is InChI=1S/C59H111N2O7P/c1-7-10-13-16-19-22-25-28-30-31-33-36-39-42-45-48-51-58(62)60-56(55-67-69(64,65)66-54-53-61(4,5)6)57(50-47-44-41-38-35-32-27-24-21-18-15-12-9-3)68-59(63)52-49-46-43-40-37-34-29-26-23-20-17-14-11-8-2/h10,13,19,22,28,30,47,50,56-57H,7-9,11-12,14-18,20-21,23-27,29,31-46,48-49,51-55H2,1-6H3,(H-,60,62,64,65)/b13-10+,22-19+,30-28+,50-47+. The number of unbranched alkanes of at least 4 members (excludes halogenated alkanes) is 30. The molecule has 0 rings (SSSR count). The van der Waals surface area contributed by atoms with Crippen molar-refractivity contribution in [3.8, 4) is 0 Å². The maximum atomic E-state index is 13.5. The van der Waals surface area contributed by atoms with Crippen LogP contribution in [-0.4, -0.2) is 69.4 Å². The van der Waals surface area contributed by atoms with E-state index in [0.717, 1.165) is 103 Å². The molecule has 0 aromatic rings. The van der Waals surface area contributed by atoms with Gasteiger partial charge in [0, 0.05) is 12.8 Å². The fourth-order valence-electron chi connectivity index (χ4n) is 8.30. The van der Waals surface area contributed by atoms with Crippen LogP contribution in [0.1, 0.15) is 265 Å². The van der Waals surface area contributed by atoms with Crippen LogP contribution in [0.4, 0.5) is 0 Å². The van der Waals surface area contributed by atoms with Crippen LogP contribution in [0.5, 0.6) is 0 Å². The van der Waals surface area contributed by atoms with Gasteiger partial charge >= 0.3 is 5.97 Å². The monoisotopic (exact) mass is 991 g/mol. The molecule has 0 fully saturated rings. The second-order valence-electron chi connectivity index (χ2n) is 20.8. The summed E-state index contributed by atoms with van der Waals surface area (Å²) in [6, 6.07) is -0.892. The second kappa shape index (κ2) is 49.5. The maximum Gasteiger partial charge on any atom is 0.306 e. The molecule has 0 aromatic heterocycles. The Balaban J connectivity index is 5.37. The van der Waals surface area contributed by atoms with E-state index in [0.29, 0.717) is 17.4 Å². The minimum Gasteiger partial charge on any atom is -0.756 e. The smallest absolute Gasteiger partial charge is 0.306 e. The number of allylic oxidation sites excluding steroid dienone is 7. The lowest BCUT2D eigenvalue weighted by atomic mass is 10.0.